The Labute approximate surface area is 142 Å². The smallest absolute Gasteiger partial charge is 0.322 e. The molecule has 2 aromatic rings. The third kappa shape index (κ3) is 2.48. The lowest BCUT2D eigenvalue weighted by Crippen LogP contribution is -2.62. The summed E-state index contributed by atoms with van der Waals surface area (Å²) >= 11 is 0. The van der Waals surface area contributed by atoms with Crippen LogP contribution in [0.4, 0.5) is 10.5 Å². The highest BCUT2D eigenvalue weighted by molar-refractivity contribution is 5.90. The van der Waals surface area contributed by atoms with Gasteiger partial charge in [-0.05, 0) is 25.3 Å². The molecule has 4 rings (SSSR count). The summed E-state index contributed by atoms with van der Waals surface area (Å²) < 4.78 is 4.92. The van der Waals surface area contributed by atoms with Gasteiger partial charge >= 0.3 is 6.03 Å². The molecule has 1 spiro atoms. The summed E-state index contributed by atoms with van der Waals surface area (Å²) in [6.07, 6.45) is 7.76. The number of nitrogens with zero attached hydrogens (tertiary/aromatic N) is 2. The van der Waals surface area contributed by atoms with E-state index in [0.717, 1.165) is 6.54 Å². The summed E-state index contributed by atoms with van der Waals surface area (Å²) in [6, 6.07) is 10.5. The number of aromatic nitrogens is 1. The number of hydrogen-bond donors (Lipinski definition) is 1. The zero-order valence-electron chi connectivity index (χ0n) is 14.0. The molecule has 0 radical (unpaired) electrons. The van der Waals surface area contributed by atoms with Gasteiger partial charge in [0.2, 0.25) is 0 Å². The first kappa shape index (κ1) is 15.2. The molecule has 24 heavy (non-hydrogen) atoms. The molecular weight excluding hydrogens is 302 g/mol. The summed E-state index contributed by atoms with van der Waals surface area (Å²) in [5.74, 6) is 0. The molecule has 1 unspecified atom stereocenters. The van der Waals surface area contributed by atoms with E-state index in [1.807, 2.05) is 17.9 Å². The first-order valence-electron chi connectivity index (χ1n) is 8.73. The molecule has 1 aromatic carbocycles. The van der Waals surface area contributed by atoms with Crippen molar-refractivity contribution in [2.45, 2.75) is 45.1 Å². The number of likely N-dealkylation sites (tertiary alicyclic amines) is 1. The summed E-state index contributed by atoms with van der Waals surface area (Å²) in [5, 5.41) is 6.77. The van der Waals surface area contributed by atoms with Gasteiger partial charge in [-0.3, -0.25) is 0 Å². The summed E-state index contributed by atoms with van der Waals surface area (Å²) in [4.78, 5) is 14.8. The van der Waals surface area contributed by atoms with Crippen LogP contribution in [0.15, 0.2) is 41.1 Å². The zero-order chi connectivity index (χ0) is 16.6. The van der Waals surface area contributed by atoms with Gasteiger partial charge in [0.25, 0.3) is 0 Å². The molecule has 1 aliphatic heterocycles. The van der Waals surface area contributed by atoms with Crippen molar-refractivity contribution >= 4 is 11.7 Å². The molecule has 2 heterocycles. The van der Waals surface area contributed by atoms with Crippen LogP contribution in [-0.2, 0) is 0 Å². The van der Waals surface area contributed by atoms with E-state index in [4.69, 9.17) is 4.52 Å². The number of nitrogens with one attached hydrogen (secondary N) is 1. The van der Waals surface area contributed by atoms with Gasteiger partial charge in [0.1, 0.15) is 17.6 Å². The minimum Gasteiger partial charge on any atom is -0.362 e. The van der Waals surface area contributed by atoms with Crippen molar-refractivity contribution in [1.82, 2.24) is 10.1 Å². The molecule has 5 heteroatoms. The van der Waals surface area contributed by atoms with Crippen LogP contribution in [0.5, 0.6) is 0 Å². The number of hydrogen-bond acceptors (Lipinski definition) is 3. The van der Waals surface area contributed by atoms with E-state index in [-0.39, 0.29) is 17.5 Å². The van der Waals surface area contributed by atoms with E-state index < -0.39 is 0 Å². The molecule has 126 valence electrons. The maximum Gasteiger partial charge on any atom is 0.322 e. The molecule has 2 fully saturated rings. The average molecular weight is 325 g/mol. The molecule has 1 N–H and O–H groups in total. The highest BCUT2D eigenvalue weighted by Gasteiger charge is 2.54. The van der Waals surface area contributed by atoms with Gasteiger partial charge in [-0.15, -0.1) is 0 Å². The molecule has 0 bridgehead atoms. The van der Waals surface area contributed by atoms with Gasteiger partial charge in [-0.2, -0.15) is 0 Å². The molecular formula is C19H23N3O2. The number of aryl methyl sites for hydroxylation is 1. The predicted octanol–water partition coefficient (Wildman–Crippen LogP) is 4.52. The molecule has 2 aliphatic rings. The van der Waals surface area contributed by atoms with E-state index in [0.29, 0.717) is 11.4 Å². The van der Waals surface area contributed by atoms with Crippen molar-refractivity contribution in [3.63, 3.8) is 0 Å². The van der Waals surface area contributed by atoms with E-state index in [1.165, 1.54) is 43.9 Å². The third-order valence-electron chi connectivity index (χ3n) is 5.59. The zero-order valence-corrected chi connectivity index (χ0v) is 14.0. The molecule has 1 saturated heterocycles. The first-order valence-corrected chi connectivity index (χ1v) is 8.73. The lowest BCUT2D eigenvalue weighted by molar-refractivity contribution is -0.0662. The van der Waals surface area contributed by atoms with E-state index in [1.54, 1.807) is 0 Å². The number of anilines is 1. The van der Waals surface area contributed by atoms with Gasteiger partial charge in [-0.25, -0.2) is 4.79 Å². The highest BCUT2D eigenvalue weighted by Crippen LogP contribution is 2.56. The van der Waals surface area contributed by atoms with Crippen molar-refractivity contribution in [2.24, 2.45) is 5.41 Å². The Kier molecular flexibility index (Phi) is 3.79. The second kappa shape index (κ2) is 5.96. The fourth-order valence-corrected chi connectivity index (χ4v) is 4.38. The average Bonchev–Trinajstić information content (AvgIpc) is 2.99. The normalized spacial score (nSPS) is 22.2. The summed E-state index contributed by atoms with van der Waals surface area (Å²) in [7, 11) is 0. The minimum absolute atomic E-state index is 0.0636. The van der Waals surface area contributed by atoms with Crippen LogP contribution in [-0.4, -0.2) is 22.6 Å². The molecule has 1 saturated carbocycles. The Hall–Kier alpha value is -2.30. The van der Waals surface area contributed by atoms with E-state index >= 15 is 0 Å². The van der Waals surface area contributed by atoms with Crippen LogP contribution in [0.1, 0.15) is 49.4 Å². The van der Waals surface area contributed by atoms with Gasteiger partial charge in [0.05, 0.1) is 6.04 Å². The van der Waals surface area contributed by atoms with Crippen molar-refractivity contribution in [1.29, 1.82) is 0 Å². The highest BCUT2D eigenvalue weighted by atomic mass is 16.5. The van der Waals surface area contributed by atoms with Crippen molar-refractivity contribution in [2.75, 3.05) is 11.9 Å². The van der Waals surface area contributed by atoms with Crippen LogP contribution in [0.25, 0.3) is 0 Å². The van der Waals surface area contributed by atoms with Crippen LogP contribution < -0.4 is 5.32 Å². The van der Waals surface area contributed by atoms with Gasteiger partial charge in [0, 0.05) is 12.0 Å². The largest absolute Gasteiger partial charge is 0.362 e. The molecule has 1 aliphatic carbocycles. The third-order valence-corrected chi connectivity index (χ3v) is 5.59. The van der Waals surface area contributed by atoms with Crippen molar-refractivity contribution in [3.05, 3.63) is 47.9 Å². The Balaban J connectivity index is 1.58. The van der Waals surface area contributed by atoms with Crippen LogP contribution >= 0.6 is 0 Å². The van der Waals surface area contributed by atoms with Crippen LogP contribution in [0.2, 0.25) is 0 Å². The maximum absolute atomic E-state index is 12.8. The lowest BCUT2D eigenvalue weighted by Gasteiger charge is -2.59. The van der Waals surface area contributed by atoms with Crippen LogP contribution in [0, 0.1) is 12.3 Å². The molecule has 1 atom stereocenters. The number of urea groups is 1. The summed E-state index contributed by atoms with van der Waals surface area (Å²) in [5.41, 5.74) is 2.84. The first-order chi connectivity index (χ1) is 11.7. The maximum atomic E-state index is 12.8. The quantitative estimate of drug-likeness (QED) is 0.883. The Bertz CT molecular complexity index is 719. The van der Waals surface area contributed by atoms with Crippen molar-refractivity contribution in [3.8, 4) is 0 Å². The second-order valence-corrected chi connectivity index (χ2v) is 7.11. The molecule has 1 aromatic heterocycles. The number of rotatable bonds is 2. The Morgan fingerprint density at radius 2 is 2.00 bits per heavy atom. The van der Waals surface area contributed by atoms with Gasteiger partial charge in [0.15, 0.2) is 0 Å². The number of benzene rings is 1. The topological polar surface area (TPSA) is 58.4 Å². The molecule has 2 amide bonds. The number of carbonyl (C=O) groups excluding carboxylic acids is 1. The predicted molar refractivity (Wildman–Crippen MR) is 91.7 cm³/mol. The van der Waals surface area contributed by atoms with E-state index in [9.17, 15) is 4.79 Å². The minimum atomic E-state index is -0.0636. The van der Waals surface area contributed by atoms with E-state index in [2.05, 4.69) is 34.7 Å². The second-order valence-electron chi connectivity index (χ2n) is 7.11. The number of amides is 2. The monoisotopic (exact) mass is 325 g/mol. The Morgan fingerprint density at radius 1 is 1.25 bits per heavy atom. The standard InChI is InChI=1S/C19H23N3O2/c1-14-16(12-24-21-14)20-18(23)22-13-19(10-6-3-7-11-19)17(22)15-8-4-2-5-9-15/h2,4-5,8-9,12,17H,3,6-7,10-11,13H2,1H3,(H,20,23). The van der Waals surface area contributed by atoms with Gasteiger partial charge < -0.3 is 14.7 Å². The molecule has 5 nitrogen and oxygen atoms in total. The fraction of sp³-hybridized carbons (Fsp3) is 0.474. The Morgan fingerprint density at radius 3 is 2.67 bits per heavy atom. The van der Waals surface area contributed by atoms with Gasteiger partial charge in [-0.1, -0.05) is 54.8 Å². The van der Waals surface area contributed by atoms with Crippen LogP contribution in [0.3, 0.4) is 0 Å². The summed E-state index contributed by atoms with van der Waals surface area (Å²) in [6.45, 7) is 2.66. The fourth-order valence-electron chi connectivity index (χ4n) is 4.38. The van der Waals surface area contributed by atoms with Crippen molar-refractivity contribution < 1.29 is 9.32 Å². The SMILES string of the molecule is Cc1nocc1NC(=O)N1CC2(CCCCC2)C1c1ccccc1. The lowest BCUT2D eigenvalue weighted by atomic mass is 9.61. The number of carbonyl (C=O) groups is 1.